The number of nitrogens with zero attached hydrogens (tertiary/aromatic N) is 1. The third-order valence-electron chi connectivity index (χ3n) is 3.34. The van der Waals surface area contributed by atoms with Gasteiger partial charge in [-0.15, -0.1) is 11.3 Å². The van der Waals surface area contributed by atoms with Gasteiger partial charge in [-0.2, -0.15) is 0 Å². The first kappa shape index (κ1) is 16.2. The van der Waals surface area contributed by atoms with E-state index in [9.17, 15) is 15.0 Å². The molecular formula is C16H14ClNO3S2. The first-order valence-corrected chi connectivity index (χ1v) is 8.85. The first-order chi connectivity index (χ1) is 10.7. The molecule has 0 amide bonds. The Hall–Kier alpha value is -1.63. The van der Waals surface area contributed by atoms with Gasteiger partial charge in [-0.1, -0.05) is 43.7 Å². The van der Waals surface area contributed by atoms with E-state index in [0.29, 0.717) is 20.8 Å². The van der Waals surface area contributed by atoms with Crippen molar-refractivity contribution in [2.75, 3.05) is 0 Å². The van der Waals surface area contributed by atoms with Crippen LogP contribution in [0.1, 0.15) is 25.6 Å². The topological polar surface area (TPSA) is 70.4 Å². The fourth-order valence-corrected chi connectivity index (χ4v) is 4.28. The molecule has 0 aliphatic rings. The number of benzene rings is 1. The molecule has 3 rings (SSSR count). The maximum atomic E-state index is 12.4. The highest BCUT2D eigenvalue weighted by atomic mass is 35.5. The smallest absolute Gasteiger partial charge is 0.253 e. The molecule has 1 aromatic carbocycles. The van der Waals surface area contributed by atoms with Gasteiger partial charge in [0.1, 0.15) is 21.2 Å². The van der Waals surface area contributed by atoms with Gasteiger partial charge >= 0.3 is 0 Å². The number of aromatic nitrogens is 1. The van der Waals surface area contributed by atoms with E-state index in [2.05, 4.69) is 25.8 Å². The molecule has 2 heterocycles. The summed E-state index contributed by atoms with van der Waals surface area (Å²) in [5, 5.41) is 20.0. The van der Waals surface area contributed by atoms with E-state index in [4.69, 9.17) is 11.6 Å². The van der Waals surface area contributed by atoms with Crippen LogP contribution in [0.3, 0.4) is 0 Å². The maximum absolute atomic E-state index is 12.4. The molecule has 3 aromatic rings. The molecule has 0 atom stereocenters. The maximum Gasteiger partial charge on any atom is 0.253 e. The largest absolute Gasteiger partial charge is 0.507 e. The average Bonchev–Trinajstić information content (AvgIpc) is 2.87. The number of aromatic hydroxyl groups is 2. The van der Waals surface area contributed by atoms with Gasteiger partial charge in [-0.25, -0.2) is 4.98 Å². The van der Waals surface area contributed by atoms with Crippen molar-refractivity contribution < 1.29 is 10.2 Å². The van der Waals surface area contributed by atoms with Gasteiger partial charge < -0.3 is 10.2 Å². The lowest BCUT2D eigenvalue weighted by molar-refractivity contribution is 0.452. The third kappa shape index (κ3) is 2.94. The Labute approximate surface area is 145 Å². The van der Waals surface area contributed by atoms with E-state index in [1.807, 2.05) is 6.07 Å². The molecule has 0 saturated heterocycles. The van der Waals surface area contributed by atoms with Crippen LogP contribution in [0.4, 0.5) is 0 Å². The third-order valence-corrected chi connectivity index (χ3v) is 6.22. The molecule has 0 unspecified atom stereocenters. The van der Waals surface area contributed by atoms with E-state index < -0.39 is 0 Å². The Morgan fingerprint density at radius 2 is 1.78 bits per heavy atom. The van der Waals surface area contributed by atoms with E-state index in [0.717, 1.165) is 22.3 Å². The lowest BCUT2D eigenvalue weighted by atomic mass is 9.95. The predicted octanol–water partition coefficient (Wildman–Crippen LogP) is 4.75. The van der Waals surface area contributed by atoms with Crippen LogP contribution < -0.4 is 4.74 Å². The molecule has 23 heavy (non-hydrogen) atoms. The number of halogens is 1. The van der Waals surface area contributed by atoms with Crippen LogP contribution in [0.2, 0.25) is 5.02 Å². The minimum atomic E-state index is -0.216. The van der Waals surface area contributed by atoms with Gasteiger partial charge in [0.25, 0.3) is 4.74 Å². The minimum absolute atomic E-state index is 0.0629. The van der Waals surface area contributed by atoms with Crippen LogP contribution in [0.25, 0.3) is 20.8 Å². The predicted molar refractivity (Wildman–Crippen MR) is 96.2 cm³/mol. The van der Waals surface area contributed by atoms with Gasteiger partial charge in [0, 0.05) is 10.9 Å². The van der Waals surface area contributed by atoms with Gasteiger partial charge in [0.2, 0.25) is 0 Å². The van der Waals surface area contributed by atoms with E-state index in [-0.39, 0.29) is 26.7 Å². The van der Waals surface area contributed by atoms with Crippen LogP contribution in [0.5, 0.6) is 11.5 Å². The molecular weight excluding hydrogens is 354 g/mol. The van der Waals surface area contributed by atoms with Crippen LogP contribution in [-0.2, 0) is 5.41 Å². The summed E-state index contributed by atoms with van der Waals surface area (Å²) in [5.74, 6) is -0.382. The number of rotatable bonds is 1. The normalized spacial score (nSPS) is 12.0. The summed E-state index contributed by atoms with van der Waals surface area (Å²) in [6.45, 7) is 6.24. The second kappa shape index (κ2) is 5.47. The molecule has 120 valence electrons. The molecule has 0 aliphatic heterocycles. The molecule has 2 aromatic heterocycles. The summed E-state index contributed by atoms with van der Waals surface area (Å²) >= 11 is 8.30. The number of hydrogen-bond donors (Lipinski definition) is 2. The summed E-state index contributed by atoms with van der Waals surface area (Å²) in [6, 6.07) is 4.47. The number of phenols is 2. The average molecular weight is 368 g/mol. The second-order valence-electron chi connectivity index (χ2n) is 6.20. The summed E-state index contributed by atoms with van der Waals surface area (Å²) in [7, 11) is 0. The molecule has 7 heteroatoms. The monoisotopic (exact) mass is 367 g/mol. The molecule has 0 bridgehead atoms. The molecule has 4 nitrogen and oxygen atoms in total. The van der Waals surface area contributed by atoms with E-state index in [1.54, 1.807) is 0 Å². The van der Waals surface area contributed by atoms with Gasteiger partial charge in [0.05, 0.1) is 16.1 Å². The van der Waals surface area contributed by atoms with Crippen LogP contribution in [0.15, 0.2) is 23.0 Å². The highest BCUT2D eigenvalue weighted by Crippen LogP contribution is 2.39. The van der Waals surface area contributed by atoms with Crippen molar-refractivity contribution in [3.63, 3.8) is 0 Å². The number of phenolic OH excluding ortho intramolecular Hbond substituents is 2. The Morgan fingerprint density at radius 1 is 1.09 bits per heavy atom. The zero-order valence-electron chi connectivity index (χ0n) is 12.7. The summed E-state index contributed by atoms with van der Waals surface area (Å²) in [5.41, 5.74) is 0.884. The Bertz CT molecular complexity index is 970. The van der Waals surface area contributed by atoms with Gasteiger partial charge in [0.15, 0.2) is 0 Å². The fourth-order valence-electron chi connectivity index (χ4n) is 2.08. The van der Waals surface area contributed by atoms with Crippen molar-refractivity contribution in [1.82, 2.24) is 4.98 Å². The Kier molecular flexibility index (Phi) is 3.86. The Balaban J connectivity index is 2.24. The van der Waals surface area contributed by atoms with Crippen LogP contribution in [-0.4, -0.2) is 15.2 Å². The second-order valence-corrected chi connectivity index (χ2v) is 8.62. The van der Waals surface area contributed by atoms with Crippen LogP contribution >= 0.6 is 34.3 Å². The van der Waals surface area contributed by atoms with Crippen molar-refractivity contribution in [1.29, 1.82) is 0 Å². The van der Waals surface area contributed by atoms with Crippen molar-refractivity contribution in [2.24, 2.45) is 0 Å². The lowest BCUT2D eigenvalue weighted by Crippen LogP contribution is -2.07. The summed E-state index contributed by atoms with van der Waals surface area (Å²) in [4.78, 5) is 18.0. The number of fused-ring (bicyclic) bond motifs is 1. The van der Waals surface area contributed by atoms with Gasteiger partial charge in [-0.3, -0.25) is 4.79 Å². The standard InChI is InChI=1S/C16H14ClNO3S2/c1-16(2,3)12-5-9-13(22-12)15(21)23-14(18-9)7-4-8(17)11(20)6-10(7)19/h4-6,19-20H,1-3H3. The lowest BCUT2D eigenvalue weighted by Gasteiger charge is -2.14. The number of thiophene rings is 1. The molecule has 0 saturated carbocycles. The van der Waals surface area contributed by atoms with Crippen molar-refractivity contribution in [2.45, 2.75) is 26.2 Å². The molecule has 2 N–H and O–H groups in total. The van der Waals surface area contributed by atoms with Crippen LogP contribution in [0, 0.1) is 0 Å². The zero-order valence-corrected chi connectivity index (χ0v) is 15.1. The molecule has 0 aliphatic carbocycles. The van der Waals surface area contributed by atoms with E-state index >= 15 is 0 Å². The minimum Gasteiger partial charge on any atom is -0.507 e. The number of hydrogen-bond acceptors (Lipinski definition) is 6. The quantitative estimate of drug-likeness (QED) is 0.651. The fraction of sp³-hybridized carbons (Fsp3) is 0.250. The Morgan fingerprint density at radius 3 is 2.43 bits per heavy atom. The molecule has 0 radical (unpaired) electrons. The van der Waals surface area contributed by atoms with Crippen molar-refractivity contribution in [3.05, 3.63) is 37.6 Å². The SMILES string of the molecule is CC(C)(C)c1cc2nc(-c3cc(Cl)c(O)cc3O)sc(=O)c2s1. The molecule has 0 spiro atoms. The van der Waals surface area contributed by atoms with Crippen molar-refractivity contribution >= 4 is 44.5 Å². The highest BCUT2D eigenvalue weighted by Gasteiger charge is 2.20. The summed E-state index contributed by atoms with van der Waals surface area (Å²) < 4.78 is 0.516. The zero-order chi connectivity index (χ0) is 16.9. The summed E-state index contributed by atoms with van der Waals surface area (Å²) in [6.07, 6.45) is 0. The molecule has 0 fully saturated rings. The van der Waals surface area contributed by atoms with E-state index in [1.165, 1.54) is 17.4 Å². The van der Waals surface area contributed by atoms with Gasteiger partial charge in [-0.05, 0) is 17.5 Å². The first-order valence-electron chi connectivity index (χ1n) is 6.84. The van der Waals surface area contributed by atoms with Crippen molar-refractivity contribution in [3.8, 4) is 22.1 Å². The highest BCUT2D eigenvalue weighted by molar-refractivity contribution is 7.22.